The molecule has 0 spiro atoms. The molecule has 0 atom stereocenters. The number of nitrogens with two attached hydrogens (primary N) is 1. The second kappa shape index (κ2) is 2.84. The van der Waals surface area contributed by atoms with E-state index in [1.807, 2.05) is 6.20 Å². The third-order valence-electron chi connectivity index (χ3n) is 1.77. The lowest BCUT2D eigenvalue weighted by Crippen LogP contribution is -2.54. The molecule has 0 amide bonds. The van der Waals surface area contributed by atoms with Gasteiger partial charge in [0.2, 0.25) is 0 Å². The molecule has 0 aromatic carbocycles. The Kier molecular flexibility index (Phi) is 1.85. The zero-order chi connectivity index (χ0) is 7.68. The highest BCUT2D eigenvalue weighted by Gasteiger charge is 2.22. The van der Waals surface area contributed by atoms with E-state index in [-0.39, 0.29) is 0 Å². The summed E-state index contributed by atoms with van der Waals surface area (Å²) >= 11 is 1.46. The van der Waals surface area contributed by atoms with Crippen molar-refractivity contribution in [3.63, 3.8) is 0 Å². The fraction of sp³-hybridized carbons (Fsp3) is 0.667. The van der Waals surface area contributed by atoms with Crippen molar-refractivity contribution in [2.24, 2.45) is 5.73 Å². The highest BCUT2D eigenvalue weighted by atomic mass is 32.1. The van der Waals surface area contributed by atoms with E-state index in [4.69, 9.17) is 5.73 Å². The van der Waals surface area contributed by atoms with Crippen LogP contribution in [-0.2, 0) is 6.54 Å². The average Bonchev–Trinajstić information content (AvgIpc) is 2.36. The predicted molar refractivity (Wildman–Crippen MR) is 43.2 cm³/mol. The van der Waals surface area contributed by atoms with E-state index in [9.17, 15) is 0 Å². The van der Waals surface area contributed by atoms with Crippen LogP contribution >= 0.6 is 11.5 Å². The molecule has 60 valence electrons. The van der Waals surface area contributed by atoms with Gasteiger partial charge in [-0.15, -0.1) is 5.10 Å². The van der Waals surface area contributed by atoms with Crippen LogP contribution < -0.4 is 5.73 Å². The van der Waals surface area contributed by atoms with Crippen LogP contribution in [0.5, 0.6) is 0 Å². The van der Waals surface area contributed by atoms with Crippen LogP contribution in [0.3, 0.4) is 0 Å². The van der Waals surface area contributed by atoms with Gasteiger partial charge in [0.15, 0.2) is 0 Å². The van der Waals surface area contributed by atoms with Crippen LogP contribution in [0.4, 0.5) is 0 Å². The minimum atomic E-state index is 0.385. The molecular formula is C6H10N4S. The molecule has 0 radical (unpaired) electrons. The van der Waals surface area contributed by atoms with Gasteiger partial charge in [0.1, 0.15) is 0 Å². The van der Waals surface area contributed by atoms with E-state index in [0.717, 1.165) is 19.6 Å². The summed E-state index contributed by atoms with van der Waals surface area (Å²) in [4.78, 5) is 3.51. The van der Waals surface area contributed by atoms with Crippen LogP contribution in [0.25, 0.3) is 0 Å². The van der Waals surface area contributed by atoms with Crippen molar-refractivity contribution in [3.05, 3.63) is 11.1 Å². The summed E-state index contributed by atoms with van der Waals surface area (Å²) in [7, 11) is 0. The standard InChI is InChI=1S/C6H10N4S/c7-5-2-10(3-5)4-6-1-8-9-11-6/h1,5H,2-4,7H2. The van der Waals surface area contributed by atoms with Gasteiger partial charge in [0.05, 0.1) is 11.1 Å². The lowest BCUT2D eigenvalue weighted by molar-refractivity contribution is 0.144. The SMILES string of the molecule is NC1CN(Cc2cnns2)C1. The summed E-state index contributed by atoms with van der Waals surface area (Å²) in [5, 5.41) is 3.76. The Bertz CT molecular complexity index is 216. The molecule has 0 aliphatic carbocycles. The minimum absolute atomic E-state index is 0.385. The first-order valence-electron chi connectivity index (χ1n) is 3.59. The molecule has 0 saturated carbocycles. The molecular weight excluding hydrogens is 160 g/mol. The summed E-state index contributed by atoms with van der Waals surface area (Å²) in [6, 6.07) is 0.385. The van der Waals surface area contributed by atoms with E-state index in [2.05, 4.69) is 14.5 Å². The lowest BCUT2D eigenvalue weighted by Gasteiger charge is -2.36. The Balaban J connectivity index is 1.84. The van der Waals surface area contributed by atoms with E-state index in [0.29, 0.717) is 6.04 Å². The zero-order valence-electron chi connectivity index (χ0n) is 6.10. The molecule has 1 fully saturated rings. The number of hydrogen-bond acceptors (Lipinski definition) is 5. The molecule has 1 aromatic rings. The second-order valence-corrected chi connectivity index (χ2v) is 3.71. The smallest absolute Gasteiger partial charge is 0.0666 e. The molecule has 1 aliphatic rings. The van der Waals surface area contributed by atoms with Crippen LogP contribution in [0.15, 0.2) is 6.20 Å². The van der Waals surface area contributed by atoms with Gasteiger partial charge in [0.25, 0.3) is 0 Å². The van der Waals surface area contributed by atoms with E-state index >= 15 is 0 Å². The monoisotopic (exact) mass is 170 g/mol. The number of hydrogen-bond donors (Lipinski definition) is 1. The highest BCUT2D eigenvalue weighted by molar-refractivity contribution is 7.05. The van der Waals surface area contributed by atoms with Crippen molar-refractivity contribution < 1.29 is 0 Å². The second-order valence-electron chi connectivity index (χ2n) is 2.84. The van der Waals surface area contributed by atoms with E-state index in [1.165, 1.54) is 16.4 Å². The molecule has 4 nitrogen and oxygen atoms in total. The predicted octanol–water partition coefficient (Wildman–Crippen LogP) is -0.319. The van der Waals surface area contributed by atoms with Gasteiger partial charge < -0.3 is 5.73 Å². The van der Waals surface area contributed by atoms with Crippen molar-refractivity contribution in [3.8, 4) is 0 Å². The third kappa shape index (κ3) is 1.55. The summed E-state index contributed by atoms with van der Waals surface area (Å²) in [5.74, 6) is 0. The number of nitrogens with zero attached hydrogens (tertiary/aromatic N) is 3. The Morgan fingerprint density at radius 2 is 2.55 bits per heavy atom. The van der Waals surface area contributed by atoms with Crippen LogP contribution in [0, 0.1) is 0 Å². The normalized spacial score (nSPS) is 20.1. The van der Waals surface area contributed by atoms with Gasteiger partial charge >= 0.3 is 0 Å². The molecule has 1 aromatic heterocycles. The van der Waals surface area contributed by atoms with Gasteiger partial charge in [0, 0.05) is 25.7 Å². The molecule has 2 rings (SSSR count). The topological polar surface area (TPSA) is 55.0 Å². The van der Waals surface area contributed by atoms with Crippen LogP contribution in [-0.4, -0.2) is 33.6 Å². The molecule has 11 heavy (non-hydrogen) atoms. The zero-order valence-corrected chi connectivity index (χ0v) is 6.92. The molecule has 2 heterocycles. The van der Waals surface area contributed by atoms with Gasteiger partial charge in [-0.2, -0.15) is 0 Å². The first-order valence-corrected chi connectivity index (χ1v) is 4.36. The van der Waals surface area contributed by atoms with Crippen LogP contribution in [0.1, 0.15) is 4.88 Å². The van der Waals surface area contributed by atoms with Crippen molar-refractivity contribution in [2.75, 3.05) is 13.1 Å². The first kappa shape index (κ1) is 7.15. The molecule has 0 bridgehead atoms. The van der Waals surface area contributed by atoms with Crippen molar-refractivity contribution in [1.29, 1.82) is 0 Å². The van der Waals surface area contributed by atoms with Gasteiger partial charge in [-0.05, 0) is 11.5 Å². The van der Waals surface area contributed by atoms with Crippen molar-refractivity contribution in [2.45, 2.75) is 12.6 Å². The highest BCUT2D eigenvalue weighted by Crippen LogP contribution is 2.12. The number of likely N-dealkylation sites (tertiary alicyclic amines) is 1. The fourth-order valence-corrected chi connectivity index (χ4v) is 1.75. The first-order chi connectivity index (χ1) is 5.34. The van der Waals surface area contributed by atoms with Crippen molar-refractivity contribution >= 4 is 11.5 Å². The Morgan fingerprint density at radius 1 is 1.73 bits per heavy atom. The van der Waals surface area contributed by atoms with Gasteiger partial charge in [-0.25, -0.2) is 0 Å². The summed E-state index contributed by atoms with van der Waals surface area (Å²) in [5.41, 5.74) is 5.63. The van der Waals surface area contributed by atoms with Gasteiger partial charge in [-0.3, -0.25) is 4.90 Å². The molecule has 0 unspecified atom stereocenters. The van der Waals surface area contributed by atoms with E-state index in [1.54, 1.807) is 0 Å². The minimum Gasteiger partial charge on any atom is -0.325 e. The molecule has 1 aliphatic heterocycles. The maximum Gasteiger partial charge on any atom is 0.0666 e. The van der Waals surface area contributed by atoms with Crippen LogP contribution in [0.2, 0.25) is 0 Å². The Labute approximate surface area is 69.2 Å². The summed E-state index contributed by atoms with van der Waals surface area (Å²) < 4.78 is 3.79. The molecule has 1 saturated heterocycles. The summed E-state index contributed by atoms with van der Waals surface area (Å²) in [6.07, 6.45) is 1.81. The van der Waals surface area contributed by atoms with Crippen molar-refractivity contribution in [1.82, 2.24) is 14.5 Å². The molecule has 5 heteroatoms. The van der Waals surface area contributed by atoms with Gasteiger partial charge in [-0.1, -0.05) is 4.49 Å². The fourth-order valence-electron chi connectivity index (χ4n) is 1.22. The number of aromatic nitrogens is 2. The molecule has 2 N–H and O–H groups in total. The average molecular weight is 170 g/mol. The maximum atomic E-state index is 5.63. The lowest BCUT2D eigenvalue weighted by atomic mass is 10.1. The summed E-state index contributed by atoms with van der Waals surface area (Å²) in [6.45, 7) is 2.99. The number of rotatable bonds is 2. The maximum absolute atomic E-state index is 5.63. The van der Waals surface area contributed by atoms with E-state index < -0.39 is 0 Å². The Hall–Kier alpha value is -0.520. The Morgan fingerprint density at radius 3 is 3.09 bits per heavy atom. The quantitative estimate of drug-likeness (QED) is 0.661. The largest absolute Gasteiger partial charge is 0.325 e. The third-order valence-corrected chi connectivity index (χ3v) is 2.42.